The van der Waals surface area contributed by atoms with E-state index >= 15 is 0 Å². The molecule has 0 aliphatic rings. The highest BCUT2D eigenvalue weighted by atomic mass is 32.1. The zero-order valence-electron chi connectivity index (χ0n) is 9.36. The first-order valence-electron chi connectivity index (χ1n) is 5.17. The van der Waals surface area contributed by atoms with Gasteiger partial charge in [-0.15, -0.1) is 11.3 Å². The average molecular weight is 224 g/mol. The molecule has 15 heavy (non-hydrogen) atoms. The van der Waals surface area contributed by atoms with Crippen molar-refractivity contribution >= 4 is 21.6 Å². The van der Waals surface area contributed by atoms with Crippen LogP contribution in [-0.4, -0.2) is 9.55 Å². The van der Waals surface area contributed by atoms with E-state index in [1.54, 1.807) is 10.9 Å². The molecule has 0 N–H and O–H groups in total. The Kier molecular flexibility index (Phi) is 4.49. The normalized spacial score (nSPS) is 9.80. The van der Waals surface area contributed by atoms with E-state index in [0.717, 1.165) is 10.2 Å². The molecule has 0 fully saturated rings. The maximum Gasteiger partial charge on any atom is 0.271 e. The number of hydrogen-bond acceptors (Lipinski definition) is 3. The summed E-state index contributed by atoms with van der Waals surface area (Å²) in [5.41, 5.74) is 0.868. The van der Waals surface area contributed by atoms with Gasteiger partial charge in [-0.05, 0) is 18.4 Å². The van der Waals surface area contributed by atoms with E-state index < -0.39 is 0 Å². The molecular weight excluding hydrogens is 208 g/mol. The molecule has 0 saturated heterocycles. The van der Waals surface area contributed by atoms with Crippen molar-refractivity contribution in [2.75, 3.05) is 0 Å². The van der Waals surface area contributed by atoms with Crippen LogP contribution in [0.15, 0.2) is 22.6 Å². The van der Waals surface area contributed by atoms with Gasteiger partial charge < -0.3 is 0 Å². The maximum atomic E-state index is 11.6. The molecule has 0 aliphatic carbocycles. The van der Waals surface area contributed by atoms with E-state index in [0.29, 0.717) is 6.54 Å². The maximum absolute atomic E-state index is 11.6. The summed E-state index contributed by atoms with van der Waals surface area (Å²) in [6.45, 7) is 6.86. The summed E-state index contributed by atoms with van der Waals surface area (Å²) < 4.78 is 2.36. The Morgan fingerprint density at radius 3 is 2.67 bits per heavy atom. The zero-order chi connectivity index (χ0) is 11.3. The molecule has 0 amide bonds. The van der Waals surface area contributed by atoms with Crippen molar-refractivity contribution in [3.8, 4) is 0 Å². The van der Waals surface area contributed by atoms with Gasteiger partial charge in [0.2, 0.25) is 0 Å². The Hall–Kier alpha value is -1.16. The van der Waals surface area contributed by atoms with Gasteiger partial charge in [0.1, 0.15) is 4.70 Å². The quantitative estimate of drug-likeness (QED) is 0.746. The van der Waals surface area contributed by atoms with Gasteiger partial charge in [-0.1, -0.05) is 20.3 Å². The lowest BCUT2D eigenvalue weighted by Crippen LogP contribution is -2.18. The predicted octanol–water partition coefficient (Wildman–Crippen LogP) is 2.89. The molecule has 4 heteroatoms. The van der Waals surface area contributed by atoms with Crippen LogP contribution >= 0.6 is 11.3 Å². The molecule has 2 aromatic rings. The molecular formula is C11H16N2OS. The fourth-order valence-corrected chi connectivity index (χ4v) is 1.90. The van der Waals surface area contributed by atoms with Gasteiger partial charge in [0.05, 0.1) is 11.8 Å². The van der Waals surface area contributed by atoms with Crippen LogP contribution in [0.25, 0.3) is 10.2 Å². The fourth-order valence-electron chi connectivity index (χ4n) is 1.10. The van der Waals surface area contributed by atoms with E-state index in [9.17, 15) is 4.79 Å². The molecule has 2 aromatic heterocycles. The molecule has 0 radical (unpaired) electrons. The summed E-state index contributed by atoms with van der Waals surface area (Å²) in [4.78, 5) is 15.7. The molecule has 0 aliphatic heterocycles. The first-order chi connectivity index (χ1) is 7.24. The minimum Gasteiger partial charge on any atom is -0.298 e. The summed E-state index contributed by atoms with van der Waals surface area (Å²) >= 11 is 1.45. The Bertz CT molecular complexity index is 473. The third-order valence-electron chi connectivity index (χ3n) is 1.78. The number of hydrogen-bond donors (Lipinski definition) is 0. The van der Waals surface area contributed by atoms with Crippen molar-refractivity contribution in [1.29, 1.82) is 0 Å². The number of thiophene rings is 1. The van der Waals surface area contributed by atoms with Gasteiger partial charge in [0, 0.05) is 6.54 Å². The highest BCUT2D eigenvalue weighted by Gasteiger charge is 2.02. The first kappa shape index (κ1) is 11.9. The standard InChI is InChI=1S/C8H8N2OS.C3H8/c1-2-10-5-9-6-3-4-12-7(6)8(10)11;1-3-2/h3-5H,2H2,1H3;3H2,1-2H3. The molecule has 0 bridgehead atoms. The van der Waals surface area contributed by atoms with Crippen LogP contribution in [0.3, 0.4) is 0 Å². The predicted molar refractivity (Wildman–Crippen MR) is 65.5 cm³/mol. The highest BCUT2D eigenvalue weighted by molar-refractivity contribution is 7.17. The second-order valence-corrected chi connectivity index (χ2v) is 4.09. The van der Waals surface area contributed by atoms with Gasteiger partial charge in [0.25, 0.3) is 5.56 Å². The second kappa shape index (κ2) is 5.66. The SMILES string of the molecule is CCC.CCn1cnc2ccsc2c1=O. The van der Waals surface area contributed by atoms with E-state index in [2.05, 4.69) is 18.8 Å². The lowest BCUT2D eigenvalue weighted by atomic mass is 10.5. The van der Waals surface area contributed by atoms with Gasteiger partial charge in [0.15, 0.2) is 0 Å². The summed E-state index contributed by atoms with van der Waals surface area (Å²) in [7, 11) is 0. The van der Waals surface area contributed by atoms with Gasteiger partial charge in [-0.2, -0.15) is 0 Å². The Morgan fingerprint density at radius 1 is 1.40 bits per heavy atom. The lowest BCUT2D eigenvalue weighted by Gasteiger charge is -1.98. The Morgan fingerprint density at radius 2 is 2.07 bits per heavy atom. The largest absolute Gasteiger partial charge is 0.298 e. The first-order valence-corrected chi connectivity index (χ1v) is 6.05. The summed E-state index contributed by atoms with van der Waals surface area (Å²) in [6.07, 6.45) is 2.84. The second-order valence-electron chi connectivity index (χ2n) is 3.18. The monoisotopic (exact) mass is 224 g/mol. The van der Waals surface area contributed by atoms with E-state index in [-0.39, 0.29) is 5.56 Å². The summed E-state index contributed by atoms with van der Waals surface area (Å²) in [5, 5.41) is 1.89. The molecule has 82 valence electrons. The zero-order valence-corrected chi connectivity index (χ0v) is 10.2. The number of aryl methyl sites for hydroxylation is 1. The molecule has 0 spiro atoms. The molecule has 0 unspecified atom stereocenters. The Labute approximate surface area is 93.4 Å². The summed E-state index contributed by atoms with van der Waals surface area (Å²) in [5.74, 6) is 0. The van der Waals surface area contributed by atoms with Crippen molar-refractivity contribution in [3.05, 3.63) is 28.1 Å². The number of aromatic nitrogens is 2. The molecule has 0 atom stereocenters. The molecule has 3 nitrogen and oxygen atoms in total. The smallest absolute Gasteiger partial charge is 0.271 e. The molecule has 2 rings (SSSR count). The Balaban J connectivity index is 0.000000337. The van der Waals surface area contributed by atoms with Crippen LogP contribution < -0.4 is 5.56 Å². The van der Waals surface area contributed by atoms with Crippen molar-refractivity contribution in [2.45, 2.75) is 33.7 Å². The van der Waals surface area contributed by atoms with Gasteiger partial charge in [-0.25, -0.2) is 4.98 Å². The fraction of sp³-hybridized carbons (Fsp3) is 0.455. The van der Waals surface area contributed by atoms with Crippen molar-refractivity contribution in [2.24, 2.45) is 0 Å². The van der Waals surface area contributed by atoms with Crippen LogP contribution in [-0.2, 0) is 6.54 Å². The number of fused-ring (bicyclic) bond motifs is 1. The molecule has 2 heterocycles. The summed E-state index contributed by atoms with van der Waals surface area (Å²) in [6, 6.07) is 1.86. The van der Waals surface area contributed by atoms with Crippen molar-refractivity contribution < 1.29 is 0 Å². The molecule has 0 saturated carbocycles. The van der Waals surface area contributed by atoms with Crippen LogP contribution in [0, 0.1) is 0 Å². The van der Waals surface area contributed by atoms with Crippen LogP contribution in [0.5, 0.6) is 0 Å². The lowest BCUT2D eigenvalue weighted by molar-refractivity contribution is 0.719. The van der Waals surface area contributed by atoms with Crippen LogP contribution in [0.4, 0.5) is 0 Å². The van der Waals surface area contributed by atoms with Crippen molar-refractivity contribution in [1.82, 2.24) is 9.55 Å². The van der Waals surface area contributed by atoms with Gasteiger partial charge in [-0.3, -0.25) is 9.36 Å². The minimum absolute atomic E-state index is 0.0671. The van der Waals surface area contributed by atoms with Crippen molar-refractivity contribution in [3.63, 3.8) is 0 Å². The topological polar surface area (TPSA) is 34.9 Å². The highest BCUT2D eigenvalue weighted by Crippen LogP contribution is 2.12. The molecule has 0 aromatic carbocycles. The van der Waals surface area contributed by atoms with Crippen LogP contribution in [0.2, 0.25) is 0 Å². The van der Waals surface area contributed by atoms with E-state index in [4.69, 9.17) is 0 Å². The third kappa shape index (κ3) is 2.65. The minimum atomic E-state index is 0.0671. The van der Waals surface area contributed by atoms with E-state index in [1.165, 1.54) is 17.8 Å². The van der Waals surface area contributed by atoms with Gasteiger partial charge >= 0.3 is 0 Å². The average Bonchev–Trinajstić information content (AvgIpc) is 2.68. The van der Waals surface area contributed by atoms with Crippen LogP contribution in [0.1, 0.15) is 27.2 Å². The number of rotatable bonds is 1. The van der Waals surface area contributed by atoms with E-state index in [1.807, 2.05) is 18.4 Å². The number of nitrogens with zero attached hydrogens (tertiary/aromatic N) is 2. The third-order valence-corrected chi connectivity index (χ3v) is 2.67.